The molecule has 33 heavy (non-hydrogen) atoms. The van der Waals surface area contributed by atoms with Gasteiger partial charge in [0.2, 0.25) is 0 Å². The van der Waals surface area contributed by atoms with Crippen molar-refractivity contribution in [2.75, 3.05) is 31.1 Å². The van der Waals surface area contributed by atoms with Crippen LogP contribution in [0.25, 0.3) is 0 Å². The van der Waals surface area contributed by atoms with Crippen LogP contribution in [0.4, 0.5) is 11.4 Å². The molecule has 3 aromatic carbocycles. The highest BCUT2D eigenvalue weighted by atomic mass is 16.6. The van der Waals surface area contributed by atoms with Gasteiger partial charge in [0.25, 0.3) is 11.6 Å². The zero-order valence-corrected chi connectivity index (χ0v) is 18.1. The number of amides is 1. The van der Waals surface area contributed by atoms with Gasteiger partial charge in [0.05, 0.1) is 16.7 Å². The molecule has 1 aliphatic heterocycles. The lowest BCUT2D eigenvalue weighted by molar-refractivity contribution is -0.385. The van der Waals surface area contributed by atoms with Crippen LogP contribution in [0.5, 0.6) is 0 Å². The van der Waals surface area contributed by atoms with Gasteiger partial charge in [-0.1, -0.05) is 42.5 Å². The number of nitrogens with one attached hydrogen (secondary N) is 1. The van der Waals surface area contributed by atoms with Gasteiger partial charge < -0.3 is 4.90 Å². The molecule has 8 heteroatoms. The first kappa shape index (κ1) is 22.2. The molecular formula is C25H25N5O3. The molecule has 1 amide bonds. The molecule has 3 aromatic rings. The van der Waals surface area contributed by atoms with Gasteiger partial charge in [-0.05, 0) is 35.9 Å². The van der Waals surface area contributed by atoms with Crippen molar-refractivity contribution in [1.82, 2.24) is 10.3 Å². The third kappa shape index (κ3) is 5.81. The summed E-state index contributed by atoms with van der Waals surface area (Å²) in [4.78, 5) is 27.7. The standard InChI is InChI=1S/C25H25N5O3/c31-25(27-26-18-22-6-4-5-9-24(22)30(32)33)21-12-10-20(11-13-21)19-28-14-16-29(17-15-28)23-7-2-1-3-8-23/h1-13,18H,14-17,19H2,(H,27,31). The number of carbonyl (C=O) groups excluding carboxylic acids is 1. The molecule has 0 atom stereocenters. The van der Waals surface area contributed by atoms with E-state index in [0.29, 0.717) is 11.1 Å². The fourth-order valence-corrected chi connectivity index (χ4v) is 3.81. The predicted octanol–water partition coefficient (Wildman–Crippen LogP) is 3.68. The summed E-state index contributed by atoms with van der Waals surface area (Å²) in [5.41, 5.74) is 5.57. The minimum Gasteiger partial charge on any atom is -0.369 e. The quantitative estimate of drug-likeness (QED) is 0.342. The third-order valence-corrected chi connectivity index (χ3v) is 5.62. The number of benzene rings is 3. The van der Waals surface area contributed by atoms with E-state index in [4.69, 9.17) is 0 Å². The maximum atomic E-state index is 12.4. The first-order chi connectivity index (χ1) is 16.1. The zero-order valence-electron chi connectivity index (χ0n) is 18.1. The van der Waals surface area contributed by atoms with E-state index in [9.17, 15) is 14.9 Å². The van der Waals surface area contributed by atoms with Gasteiger partial charge in [0.15, 0.2) is 0 Å². The fourth-order valence-electron chi connectivity index (χ4n) is 3.81. The molecule has 1 N–H and O–H groups in total. The van der Waals surface area contributed by atoms with Crippen LogP contribution in [0.3, 0.4) is 0 Å². The first-order valence-electron chi connectivity index (χ1n) is 10.8. The monoisotopic (exact) mass is 443 g/mol. The molecule has 4 rings (SSSR count). The largest absolute Gasteiger partial charge is 0.369 e. The van der Waals surface area contributed by atoms with Crippen molar-refractivity contribution in [3.8, 4) is 0 Å². The molecular weight excluding hydrogens is 418 g/mol. The third-order valence-electron chi connectivity index (χ3n) is 5.62. The average Bonchev–Trinajstić information content (AvgIpc) is 2.85. The van der Waals surface area contributed by atoms with E-state index in [-0.39, 0.29) is 11.6 Å². The van der Waals surface area contributed by atoms with E-state index in [0.717, 1.165) is 38.3 Å². The zero-order chi connectivity index (χ0) is 23.0. The molecule has 1 saturated heterocycles. The van der Waals surface area contributed by atoms with Crippen molar-refractivity contribution >= 4 is 23.5 Å². The summed E-state index contributed by atoms with van der Waals surface area (Å²) in [5, 5.41) is 14.9. The summed E-state index contributed by atoms with van der Waals surface area (Å²) in [5.74, 6) is -0.368. The van der Waals surface area contributed by atoms with Crippen LogP contribution in [0.2, 0.25) is 0 Å². The molecule has 0 spiro atoms. The predicted molar refractivity (Wildman–Crippen MR) is 129 cm³/mol. The number of para-hydroxylation sites is 2. The van der Waals surface area contributed by atoms with Crippen LogP contribution >= 0.6 is 0 Å². The summed E-state index contributed by atoms with van der Waals surface area (Å²) in [7, 11) is 0. The highest BCUT2D eigenvalue weighted by Gasteiger charge is 2.17. The molecule has 168 valence electrons. The number of piperazine rings is 1. The van der Waals surface area contributed by atoms with Gasteiger partial charge >= 0.3 is 0 Å². The number of hydrogen-bond donors (Lipinski definition) is 1. The summed E-state index contributed by atoms with van der Waals surface area (Å²) in [6, 6.07) is 24.1. The Labute approximate surface area is 192 Å². The number of hydrogen-bond acceptors (Lipinski definition) is 6. The van der Waals surface area contributed by atoms with Crippen LogP contribution in [-0.4, -0.2) is 48.1 Å². The Morgan fingerprint density at radius 3 is 2.30 bits per heavy atom. The molecule has 0 radical (unpaired) electrons. The molecule has 8 nitrogen and oxygen atoms in total. The molecule has 0 aliphatic carbocycles. The van der Waals surface area contributed by atoms with Crippen LogP contribution in [0.1, 0.15) is 21.5 Å². The van der Waals surface area contributed by atoms with E-state index in [1.165, 1.54) is 18.0 Å². The van der Waals surface area contributed by atoms with Gasteiger partial charge in [0, 0.05) is 50.0 Å². The molecule has 0 aromatic heterocycles. The Morgan fingerprint density at radius 1 is 0.939 bits per heavy atom. The highest BCUT2D eigenvalue weighted by molar-refractivity contribution is 5.95. The van der Waals surface area contributed by atoms with E-state index in [1.54, 1.807) is 30.3 Å². The lowest BCUT2D eigenvalue weighted by Crippen LogP contribution is -2.45. The molecule has 1 heterocycles. The minimum atomic E-state index is -0.483. The number of nitro benzene ring substituents is 1. The number of carbonyl (C=O) groups is 1. The number of rotatable bonds is 7. The molecule has 1 aliphatic rings. The van der Waals surface area contributed by atoms with Crippen molar-refractivity contribution < 1.29 is 9.72 Å². The summed E-state index contributed by atoms with van der Waals surface area (Å²) < 4.78 is 0. The van der Waals surface area contributed by atoms with Crippen molar-refractivity contribution in [3.63, 3.8) is 0 Å². The average molecular weight is 444 g/mol. The van der Waals surface area contributed by atoms with Crippen molar-refractivity contribution in [2.24, 2.45) is 5.10 Å². The second kappa shape index (κ2) is 10.5. The molecule has 0 saturated carbocycles. The van der Waals surface area contributed by atoms with Gasteiger partial charge in [-0.15, -0.1) is 0 Å². The number of anilines is 1. The molecule has 0 unspecified atom stereocenters. The molecule has 0 bridgehead atoms. The van der Waals surface area contributed by atoms with E-state index < -0.39 is 4.92 Å². The van der Waals surface area contributed by atoms with Crippen LogP contribution in [0.15, 0.2) is 84.0 Å². The van der Waals surface area contributed by atoms with Gasteiger partial charge in [-0.3, -0.25) is 19.8 Å². The maximum absolute atomic E-state index is 12.4. The lowest BCUT2D eigenvalue weighted by Gasteiger charge is -2.36. The number of hydrazone groups is 1. The lowest BCUT2D eigenvalue weighted by atomic mass is 10.1. The summed E-state index contributed by atoms with van der Waals surface area (Å²) in [6.45, 7) is 4.78. The van der Waals surface area contributed by atoms with Crippen LogP contribution < -0.4 is 10.3 Å². The van der Waals surface area contributed by atoms with E-state index in [1.807, 2.05) is 18.2 Å². The highest BCUT2D eigenvalue weighted by Crippen LogP contribution is 2.17. The van der Waals surface area contributed by atoms with E-state index >= 15 is 0 Å². The SMILES string of the molecule is O=C(NN=Cc1ccccc1[N+](=O)[O-])c1ccc(CN2CCN(c3ccccc3)CC2)cc1. The Balaban J connectivity index is 1.28. The van der Waals surface area contributed by atoms with Gasteiger partial charge in [-0.25, -0.2) is 5.43 Å². The smallest absolute Gasteiger partial charge is 0.278 e. The normalized spacial score (nSPS) is 14.4. The Kier molecular flexibility index (Phi) is 7.06. The van der Waals surface area contributed by atoms with Gasteiger partial charge in [0.1, 0.15) is 0 Å². The maximum Gasteiger partial charge on any atom is 0.278 e. The fraction of sp³-hybridized carbons (Fsp3) is 0.200. The van der Waals surface area contributed by atoms with Crippen molar-refractivity contribution in [1.29, 1.82) is 0 Å². The number of nitro groups is 1. The topological polar surface area (TPSA) is 91.1 Å². The van der Waals surface area contributed by atoms with E-state index in [2.05, 4.69) is 44.6 Å². The minimum absolute atomic E-state index is 0.0653. The van der Waals surface area contributed by atoms with Crippen molar-refractivity contribution in [2.45, 2.75) is 6.54 Å². The van der Waals surface area contributed by atoms with Crippen LogP contribution in [0, 0.1) is 10.1 Å². The molecule has 1 fully saturated rings. The Bertz CT molecular complexity index is 1120. The number of nitrogens with zero attached hydrogens (tertiary/aromatic N) is 4. The second-order valence-corrected chi connectivity index (χ2v) is 7.81. The summed E-state index contributed by atoms with van der Waals surface area (Å²) >= 11 is 0. The van der Waals surface area contributed by atoms with Crippen molar-refractivity contribution in [3.05, 3.63) is 106 Å². The first-order valence-corrected chi connectivity index (χ1v) is 10.8. The Hall–Kier alpha value is -4.04. The second-order valence-electron chi connectivity index (χ2n) is 7.81. The Morgan fingerprint density at radius 2 is 1.61 bits per heavy atom. The summed E-state index contributed by atoms with van der Waals surface area (Å²) in [6.07, 6.45) is 1.28. The van der Waals surface area contributed by atoms with Gasteiger partial charge in [-0.2, -0.15) is 5.10 Å². The van der Waals surface area contributed by atoms with Crippen LogP contribution in [-0.2, 0) is 6.54 Å².